The summed E-state index contributed by atoms with van der Waals surface area (Å²) >= 11 is 0. The SMILES string of the molecule is CNC1CCN(Cc2cccc(C(=O)OC)c2)C1.Cl. The topological polar surface area (TPSA) is 41.6 Å². The van der Waals surface area contributed by atoms with Crippen LogP contribution in [0.5, 0.6) is 0 Å². The van der Waals surface area contributed by atoms with Crippen molar-refractivity contribution >= 4 is 18.4 Å². The van der Waals surface area contributed by atoms with Gasteiger partial charge in [-0.1, -0.05) is 12.1 Å². The van der Waals surface area contributed by atoms with Crippen molar-refractivity contribution in [2.24, 2.45) is 0 Å². The van der Waals surface area contributed by atoms with E-state index < -0.39 is 0 Å². The van der Waals surface area contributed by atoms with Gasteiger partial charge in [-0.15, -0.1) is 12.4 Å². The average molecular weight is 285 g/mol. The van der Waals surface area contributed by atoms with Crippen LogP contribution in [0.25, 0.3) is 0 Å². The van der Waals surface area contributed by atoms with Gasteiger partial charge in [0, 0.05) is 25.7 Å². The highest BCUT2D eigenvalue weighted by atomic mass is 35.5. The van der Waals surface area contributed by atoms with Crippen LogP contribution in [-0.2, 0) is 11.3 Å². The third kappa shape index (κ3) is 4.20. The van der Waals surface area contributed by atoms with E-state index in [2.05, 4.69) is 16.3 Å². The van der Waals surface area contributed by atoms with E-state index in [1.54, 1.807) is 6.07 Å². The number of nitrogens with zero attached hydrogens (tertiary/aromatic N) is 1. The number of methoxy groups -OCH3 is 1. The zero-order valence-corrected chi connectivity index (χ0v) is 12.2. The number of esters is 1. The molecular weight excluding hydrogens is 264 g/mol. The van der Waals surface area contributed by atoms with Crippen LogP contribution in [-0.4, -0.2) is 44.2 Å². The Balaban J connectivity index is 0.00000180. The second kappa shape index (κ2) is 7.48. The monoisotopic (exact) mass is 284 g/mol. The molecule has 5 heteroatoms. The molecule has 1 N–H and O–H groups in total. The number of rotatable bonds is 4. The Morgan fingerprint density at radius 1 is 1.53 bits per heavy atom. The summed E-state index contributed by atoms with van der Waals surface area (Å²) in [6, 6.07) is 8.26. The van der Waals surface area contributed by atoms with Crippen molar-refractivity contribution in [3.05, 3.63) is 35.4 Å². The molecule has 1 aliphatic rings. The summed E-state index contributed by atoms with van der Waals surface area (Å²) in [5, 5.41) is 3.30. The van der Waals surface area contributed by atoms with E-state index >= 15 is 0 Å². The molecule has 0 radical (unpaired) electrons. The van der Waals surface area contributed by atoms with E-state index in [-0.39, 0.29) is 18.4 Å². The van der Waals surface area contributed by atoms with Crippen molar-refractivity contribution in [1.29, 1.82) is 0 Å². The van der Waals surface area contributed by atoms with E-state index in [9.17, 15) is 4.79 Å². The Labute approximate surface area is 120 Å². The smallest absolute Gasteiger partial charge is 0.337 e. The van der Waals surface area contributed by atoms with E-state index in [1.807, 2.05) is 19.2 Å². The fourth-order valence-electron chi connectivity index (χ4n) is 2.38. The molecule has 0 aromatic heterocycles. The lowest BCUT2D eigenvalue weighted by atomic mass is 10.1. The third-order valence-corrected chi connectivity index (χ3v) is 3.43. The molecule has 0 saturated carbocycles. The van der Waals surface area contributed by atoms with Gasteiger partial charge in [0.1, 0.15) is 0 Å². The first-order chi connectivity index (χ1) is 8.72. The minimum atomic E-state index is -0.272. The number of hydrogen-bond acceptors (Lipinski definition) is 4. The highest BCUT2D eigenvalue weighted by molar-refractivity contribution is 5.89. The Morgan fingerprint density at radius 2 is 2.32 bits per heavy atom. The number of nitrogens with one attached hydrogen (secondary N) is 1. The number of ether oxygens (including phenoxy) is 1. The Morgan fingerprint density at radius 3 is 2.95 bits per heavy atom. The number of likely N-dealkylation sites (tertiary alicyclic amines) is 1. The average Bonchev–Trinajstić information content (AvgIpc) is 2.86. The van der Waals surface area contributed by atoms with E-state index in [0.29, 0.717) is 11.6 Å². The maximum Gasteiger partial charge on any atom is 0.337 e. The molecule has 1 atom stereocenters. The number of likely N-dealkylation sites (N-methyl/N-ethyl adjacent to an activating group) is 1. The first kappa shape index (κ1) is 16.0. The maximum atomic E-state index is 11.5. The molecule has 1 aromatic rings. The summed E-state index contributed by atoms with van der Waals surface area (Å²) in [5.41, 5.74) is 1.79. The van der Waals surface area contributed by atoms with Crippen LogP contribution in [0.1, 0.15) is 22.3 Å². The number of hydrogen-bond donors (Lipinski definition) is 1. The van der Waals surface area contributed by atoms with Crippen molar-refractivity contribution in [1.82, 2.24) is 10.2 Å². The van der Waals surface area contributed by atoms with Gasteiger partial charge < -0.3 is 10.1 Å². The minimum Gasteiger partial charge on any atom is -0.465 e. The van der Waals surface area contributed by atoms with Crippen LogP contribution in [0, 0.1) is 0 Å². The first-order valence-corrected chi connectivity index (χ1v) is 6.30. The molecule has 1 aromatic carbocycles. The summed E-state index contributed by atoms with van der Waals surface area (Å²) < 4.78 is 4.73. The third-order valence-electron chi connectivity index (χ3n) is 3.43. The molecule has 4 nitrogen and oxygen atoms in total. The number of benzene rings is 1. The Hall–Kier alpha value is -1.10. The molecular formula is C14H21ClN2O2. The van der Waals surface area contributed by atoms with Crippen molar-refractivity contribution in [2.75, 3.05) is 27.2 Å². The summed E-state index contributed by atoms with van der Waals surface area (Å²) in [6.07, 6.45) is 1.19. The zero-order valence-electron chi connectivity index (χ0n) is 11.4. The van der Waals surface area contributed by atoms with Gasteiger partial charge in [0.25, 0.3) is 0 Å². The van der Waals surface area contributed by atoms with E-state index in [0.717, 1.165) is 25.2 Å². The number of carbonyl (C=O) groups excluding carboxylic acids is 1. The van der Waals surface area contributed by atoms with E-state index in [1.165, 1.54) is 13.5 Å². The normalized spacial score (nSPS) is 18.9. The van der Waals surface area contributed by atoms with Gasteiger partial charge in [0.2, 0.25) is 0 Å². The van der Waals surface area contributed by atoms with Crippen LogP contribution >= 0.6 is 12.4 Å². The molecule has 2 rings (SSSR count). The van der Waals surface area contributed by atoms with Crippen molar-refractivity contribution < 1.29 is 9.53 Å². The Kier molecular flexibility index (Phi) is 6.28. The largest absolute Gasteiger partial charge is 0.465 e. The second-order valence-corrected chi connectivity index (χ2v) is 4.70. The predicted octanol–water partition coefficient (Wildman–Crippen LogP) is 1.69. The van der Waals surface area contributed by atoms with E-state index in [4.69, 9.17) is 4.74 Å². The van der Waals surface area contributed by atoms with Gasteiger partial charge in [-0.3, -0.25) is 4.90 Å². The van der Waals surface area contributed by atoms with Gasteiger partial charge in [0.05, 0.1) is 12.7 Å². The molecule has 0 amide bonds. The fourth-order valence-corrected chi connectivity index (χ4v) is 2.38. The Bertz CT molecular complexity index is 426. The summed E-state index contributed by atoms with van der Waals surface area (Å²) in [7, 11) is 3.42. The molecule has 0 spiro atoms. The molecule has 1 aliphatic heterocycles. The molecule has 1 heterocycles. The second-order valence-electron chi connectivity index (χ2n) is 4.70. The molecule has 1 saturated heterocycles. The van der Waals surface area contributed by atoms with Gasteiger partial charge >= 0.3 is 5.97 Å². The van der Waals surface area contributed by atoms with Gasteiger partial charge in [-0.2, -0.15) is 0 Å². The van der Waals surface area contributed by atoms with Crippen LogP contribution in [0.2, 0.25) is 0 Å². The minimum absolute atomic E-state index is 0. The molecule has 0 bridgehead atoms. The van der Waals surface area contributed by atoms with Gasteiger partial charge in [0.15, 0.2) is 0 Å². The lowest BCUT2D eigenvalue weighted by Crippen LogP contribution is -2.29. The lowest BCUT2D eigenvalue weighted by Gasteiger charge is -2.16. The van der Waals surface area contributed by atoms with Crippen molar-refractivity contribution in [3.63, 3.8) is 0 Å². The van der Waals surface area contributed by atoms with Gasteiger partial charge in [-0.05, 0) is 31.2 Å². The van der Waals surface area contributed by atoms with Crippen molar-refractivity contribution in [3.8, 4) is 0 Å². The van der Waals surface area contributed by atoms with Crippen molar-refractivity contribution in [2.45, 2.75) is 19.0 Å². The number of halogens is 1. The highest BCUT2D eigenvalue weighted by Gasteiger charge is 2.20. The summed E-state index contributed by atoms with van der Waals surface area (Å²) in [4.78, 5) is 13.9. The molecule has 1 unspecified atom stereocenters. The fraction of sp³-hybridized carbons (Fsp3) is 0.500. The first-order valence-electron chi connectivity index (χ1n) is 6.30. The van der Waals surface area contributed by atoms with Crippen LogP contribution < -0.4 is 5.32 Å². The highest BCUT2D eigenvalue weighted by Crippen LogP contribution is 2.14. The van der Waals surface area contributed by atoms with Crippen LogP contribution in [0.15, 0.2) is 24.3 Å². The van der Waals surface area contributed by atoms with Crippen LogP contribution in [0.3, 0.4) is 0 Å². The van der Waals surface area contributed by atoms with Gasteiger partial charge in [-0.25, -0.2) is 4.79 Å². The molecule has 0 aliphatic carbocycles. The zero-order chi connectivity index (χ0) is 13.0. The van der Waals surface area contributed by atoms with Crippen LogP contribution in [0.4, 0.5) is 0 Å². The molecule has 106 valence electrons. The number of carbonyl (C=O) groups is 1. The maximum absolute atomic E-state index is 11.5. The standard InChI is InChI=1S/C14H20N2O2.ClH/c1-15-13-6-7-16(10-13)9-11-4-3-5-12(8-11)14(17)18-2;/h3-5,8,13,15H,6-7,9-10H2,1-2H3;1H. The summed E-state index contributed by atoms with van der Waals surface area (Å²) in [5.74, 6) is -0.272. The molecule has 1 fully saturated rings. The quantitative estimate of drug-likeness (QED) is 0.855. The lowest BCUT2D eigenvalue weighted by molar-refractivity contribution is 0.0600. The predicted molar refractivity (Wildman–Crippen MR) is 77.8 cm³/mol. The summed E-state index contributed by atoms with van der Waals surface area (Å²) in [6.45, 7) is 3.07. The molecule has 19 heavy (non-hydrogen) atoms.